The van der Waals surface area contributed by atoms with Crippen molar-refractivity contribution in [2.45, 2.75) is 19.9 Å². The van der Waals surface area contributed by atoms with E-state index in [1.807, 2.05) is 32.0 Å². The molecule has 9 heteroatoms. The highest BCUT2D eigenvalue weighted by molar-refractivity contribution is 7.22. The first kappa shape index (κ1) is 22.4. The van der Waals surface area contributed by atoms with Crippen LogP contribution in [0.1, 0.15) is 28.3 Å². The molecule has 1 amide bonds. The predicted molar refractivity (Wildman–Crippen MR) is 133 cm³/mol. The molecule has 1 N–H and O–H groups in total. The van der Waals surface area contributed by atoms with Crippen LogP contribution in [0.4, 0.5) is 10.8 Å². The number of thiazole rings is 1. The lowest BCUT2D eigenvalue weighted by Crippen LogP contribution is -2.29. The van der Waals surface area contributed by atoms with Crippen molar-refractivity contribution in [3.05, 3.63) is 105 Å². The van der Waals surface area contributed by atoms with Gasteiger partial charge in [-0.25, -0.2) is 4.98 Å². The van der Waals surface area contributed by atoms with Crippen LogP contribution in [0.2, 0.25) is 0 Å². The molecule has 174 valence electrons. The van der Waals surface area contributed by atoms with Gasteiger partial charge in [-0.15, -0.1) is 0 Å². The van der Waals surface area contributed by atoms with E-state index in [2.05, 4.69) is 4.98 Å². The van der Waals surface area contributed by atoms with Crippen LogP contribution < -0.4 is 4.90 Å². The minimum atomic E-state index is -1.00. The average Bonchev–Trinajstić information content (AvgIpc) is 3.37. The zero-order valence-corrected chi connectivity index (χ0v) is 19.6. The second kappa shape index (κ2) is 8.44. The Balaban J connectivity index is 1.72. The van der Waals surface area contributed by atoms with Crippen LogP contribution in [-0.2, 0) is 9.59 Å². The number of aliphatic hydroxyl groups excluding tert-OH is 1. The van der Waals surface area contributed by atoms with Crippen LogP contribution in [0.25, 0.3) is 16.0 Å². The highest BCUT2D eigenvalue weighted by atomic mass is 32.1. The molecule has 4 aromatic rings. The summed E-state index contributed by atoms with van der Waals surface area (Å²) in [5, 5.41) is 22.6. The molecule has 1 unspecified atom stereocenters. The van der Waals surface area contributed by atoms with E-state index in [1.54, 1.807) is 24.3 Å². The molecule has 5 rings (SSSR count). The molecule has 1 aliphatic heterocycles. The summed E-state index contributed by atoms with van der Waals surface area (Å²) < 4.78 is 0.850. The standard InChI is InChI=1S/C26H19N3O5S/c1-14-3-6-17(7-4-14)23(30)21-22(16-8-10-18(11-9-16)29(33)34)28(25(32)24(21)31)26-27-19-12-5-15(2)13-20(19)35-26/h3-13,22,30H,1-2H3/b23-21+. The number of nitro benzene ring substituents is 1. The first-order chi connectivity index (χ1) is 16.7. The summed E-state index contributed by atoms with van der Waals surface area (Å²) >= 11 is 1.26. The number of anilines is 1. The third-order valence-electron chi connectivity index (χ3n) is 5.93. The number of nitro groups is 1. The van der Waals surface area contributed by atoms with E-state index < -0.39 is 22.7 Å². The lowest BCUT2D eigenvalue weighted by atomic mass is 9.95. The topological polar surface area (TPSA) is 114 Å². The Kier molecular flexibility index (Phi) is 5.41. The van der Waals surface area contributed by atoms with Crippen molar-refractivity contribution in [3.8, 4) is 0 Å². The number of non-ortho nitro benzene ring substituents is 1. The molecular weight excluding hydrogens is 466 g/mol. The number of aryl methyl sites for hydroxylation is 2. The lowest BCUT2D eigenvalue weighted by Gasteiger charge is -2.22. The van der Waals surface area contributed by atoms with Crippen molar-refractivity contribution in [2.24, 2.45) is 0 Å². The zero-order valence-electron chi connectivity index (χ0n) is 18.8. The van der Waals surface area contributed by atoms with E-state index in [1.165, 1.54) is 40.5 Å². The first-order valence-corrected chi connectivity index (χ1v) is 11.6. The maximum absolute atomic E-state index is 13.3. The minimum Gasteiger partial charge on any atom is -0.507 e. The highest BCUT2D eigenvalue weighted by Gasteiger charge is 2.48. The predicted octanol–water partition coefficient (Wildman–Crippen LogP) is 5.45. The monoisotopic (exact) mass is 485 g/mol. The molecule has 2 heterocycles. The number of ketones is 1. The van der Waals surface area contributed by atoms with Crippen molar-refractivity contribution in [3.63, 3.8) is 0 Å². The van der Waals surface area contributed by atoms with E-state index in [0.29, 0.717) is 21.8 Å². The van der Waals surface area contributed by atoms with E-state index in [0.717, 1.165) is 15.8 Å². The van der Waals surface area contributed by atoms with Gasteiger partial charge in [0.2, 0.25) is 0 Å². The number of amides is 1. The molecule has 1 atom stereocenters. The van der Waals surface area contributed by atoms with Crippen molar-refractivity contribution >= 4 is 49.8 Å². The number of hydrogen-bond acceptors (Lipinski definition) is 7. The van der Waals surface area contributed by atoms with Crippen molar-refractivity contribution < 1.29 is 19.6 Å². The smallest absolute Gasteiger partial charge is 0.301 e. The Labute approximate surface area is 203 Å². The van der Waals surface area contributed by atoms with Crippen LogP contribution in [0.3, 0.4) is 0 Å². The lowest BCUT2D eigenvalue weighted by molar-refractivity contribution is -0.384. The average molecular weight is 486 g/mol. The number of nitrogens with zero attached hydrogens (tertiary/aromatic N) is 3. The molecule has 1 aromatic heterocycles. The molecular formula is C26H19N3O5S. The van der Waals surface area contributed by atoms with Crippen LogP contribution in [-0.4, -0.2) is 26.7 Å². The summed E-state index contributed by atoms with van der Waals surface area (Å²) in [6.45, 7) is 3.85. The van der Waals surface area contributed by atoms with E-state index >= 15 is 0 Å². The van der Waals surface area contributed by atoms with Gasteiger partial charge in [0.1, 0.15) is 5.76 Å². The summed E-state index contributed by atoms with van der Waals surface area (Å²) in [6.07, 6.45) is 0. The molecule has 0 radical (unpaired) electrons. The van der Waals surface area contributed by atoms with Crippen LogP contribution in [0.5, 0.6) is 0 Å². The molecule has 8 nitrogen and oxygen atoms in total. The molecule has 0 saturated carbocycles. The van der Waals surface area contributed by atoms with Crippen LogP contribution >= 0.6 is 11.3 Å². The van der Waals surface area contributed by atoms with Crippen molar-refractivity contribution in [1.82, 2.24) is 4.98 Å². The molecule has 1 saturated heterocycles. The fraction of sp³-hybridized carbons (Fsp3) is 0.115. The molecule has 35 heavy (non-hydrogen) atoms. The van der Waals surface area contributed by atoms with Crippen LogP contribution in [0.15, 0.2) is 72.3 Å². The largest absolute Gasteiger partial charge is 0.507 e. The van der Waals surface area contributed by atoms with Gasteiger partial charge in [-0.2, -0.15) is 0 Å². The number of hydrogen-bond donors (Lipinski definition) is 1. The Morgan fingerprint density at radius 3 is 2.31 bits per heavy atom. The van der Waals surface area contributed by atoms with Crippen molar-refractivity contribution in [1.29, 1.82) is 0 Å². The van der Waals surface area contributed by atoms with Gasteiger partial charge in [-0.05, 0) is 49.2 Å². The number of benzene rings is 3. The quantitative estimate of drug-likeness (QED) is 0.135. The molecule has 1 fully saturated rings. The molecule has 0 aliphatic carbocycles. The zero-order chi connectivity index (χ0) is 24.9. The number of carbonyl (C=O) groups is 2. The van der Waals surface area contributed by atoms with Gasteiger partial charge in [-0.3, -0.25) is 24.6 Å². The number of rotatable bonds is 4. The molecule has 0 spiro atoms. The Bertz CT molecular complexity index is 1540. The normalized spacial score (nSPS) is 17.3. The maximum atomic E-state index is 13.3. The van der Waals surface area contributed by atoms with Crippen LogP contribution in [0, 0.1) is 24.0 Å². The molecule has 1 aliphatic rings. The van der Waals surface area contributed by atoms with E-state index in [-0.39, 0.29) is 17.0 Å². The number of carbonyl (C=O) groups excluding carboxylic acids is 2. The van der Waals surface area contributed by atoms with E-state index in [9.17, 15) is 24.8 Å². The SMILES string of the molecule is Cc1ccc(/C(O)=C2\C(=O)C(=O)N(c3nc4ccc(C)cc4s3)C2c2ccc([N+](=O)[O-])cc2)cc1. The summed E-state index contributed by atoms with van der Waals surface area (Å²) in [5.74, 6) is -1.98. The third kappa shape index (κ3) is 3.85. The highest BCUT2D eigenvalue weighted by Crippen LogP contribution is 2.44. The van der Waals surface area contributed by atoms with E-state index in [4.69, 9.17) is 0 Å². The van der Waals surface area contributed by atoms with Gasteiger partial charge in [0.05, 0.1) is 26.8 Å². The van der Waals surface area contributed by atoms with Gasteiger partial charge in [0.25, 0.3) is 11.5 Å². The van der Waals surface area contributed by atoms with Gasteiger partial charge < -0.3 is 5.11 Å². The third-order valence-corrected chi connectivity index (χ3v) is 6.95. The fourth-order valence-electron chi connectivity index (χ4n) is 4.11. The second-order valence-corrected chi connectivity index (χ2v) is 9.36. The Morgan fingerprint density at radius 2 is 1.66 bits per heavy atom. The Hall–Kier alpha value is -4.37. The minimum absolute atomic E-state index is 0.0943. The summed E-state index contributed by atoms with van der Waals surface area (Å²) in [4.78, 5) is 43.0. The number of aromatic nitrogens is 1. The number of Topliss-reactive ketones (excluding diaryl/α,β-unsaturated/α-hetero) is 1. The summed E-state index contributed by atoms with van der Waals surface area (Å²) in [7, 11) is 0. The maximum Gasteiger partial charge on any atom is 0.301 e. The number of aliphatic hydroxyl groups is 1. The number of fused-ring (bicyclic) bond motifs is 1. The Morgan fingerprint density at radius 1 is 1.00 bits per heavy atom. The first-order valence-electron chi connectivity index (χ1n) is 10.7. The van der Waals surface area contributed by atoms with Gasteiger partial charge in [-0.1, -0.05) is 47.2 Å². The molecule has 3 aromatic carbocycles. The molecule has 0 bridgehead atoms. The summed E-state index contributed by atoms with van der Waals surface area (Å²) in [5.41, 5.74) is 3.29. The fourth-order valence-corrected chi connectivity index (χ4v) is 5.20. The van der Waals surface area contributed by atoms with Crippen molar-refractivity contribution in [2.75, 3.05) is 4.90 Å². The second-order valence-electron chi connectivity index (χ2n) is 8.35. The van der Waals surface area contributed by atoms with Gasteiger partial charge >= 0.3 is 5.91 Å². The summed E-state index contributed by atoms with van der Waals surface area (Å²) in [6, 6.07) is 17.2. The van der Waals surface area contributed by atoms with Gasteiger partial charge in [0, 0.05) is 17.7 Å². The van der Waals surface area contributed by atoms with Gasteiger partial charge in [0.15, 0.2) is 5.13 Å².